The van der Waals surface area contributed by atoms with E-state index in [4.69, 9.17) is 0 Å². The molecule has 2 rings (SSSR count). The van der Waals surface area contributed by atoms with Gasteiger partial charge in [-0.2, -0.15) is 0 Å². The Morgan fingerprint density at radius 3 is 2.78 bits per heavy atom. The van der Waals surface area contributed by atoms with Crippen LogP contribution in [-0.4, -0.2) is 11.7 Å². The predicted octanol–water partition coefficient (Wildman–Crippen LogP) is 3.18. The molecule has 0 saturated carbocycles. The van der Waals surface area contributed by atoms with E-state index in [9.17, 15) is 9.59 Å². The van der Waals surface area contributed by atoms with Crippen LogP contribution in [0.5, 0.6) is 0 Å². The Kier molecular flexibility index (Phi) is 3.92. The zero-order chi connectivity index (χ0) is 13.0. The molecule has 0 aliphatic heterocycles. The van der Waals surface area contributed by atoms with Crippen LogP contribution in [0.4, 0.5) is 5.69 Å². The molecule has 1 atom stereocenters. The van der Waals surface area contributed by atoms with Crippen molar-refractivity contribution in [2.75, 3.05) is 5.32 Å². The summed E-state index contributed by atoms with van der Waals surface area (Å²) in [5.41, 5.74) is 1.32. The number of hydrogen-bond acceptors (Lipinski definition) is 2. The van der Waals surface area contributed by atoms with Crippen molar-refractivity contribution in [1.29, 1.82) is 0 Å². The van der Waals surface area contributed by atoms with E-state index < -0.39 is 0 Å². The Morgan fingerprint density at radius 1 is 1.28 bits per heavy atom. The third kappa shape index (κ3) is 3.06. The smallest absolute Gasteiger partial charge is 0.227 e. The molecular formula is C15H17NO2. The topological polar surface area (TPSA) is 46.2 Å². The molecule has 0 heterocycles. The van der Waals surface area contributed by atoms with Gasteiger partial charge in [-0.3, -0.25) is 9.59 Å². The van der Waals surface area contributed by atoms with Gasteiger partial charge in [0, 0.05) is 17.2 Å². The highest BCUT2D eigenvalue weighted by Crippen LogP contribution is 2.20. The van der Waals surface area contributed by atoms with Gasteiger partial charge in [-0.1, -0.05) is 24.3 Å². The summed E-state index contributed by atoms with van der Waals surface area (Å²) in [5.74, 6) is 0.0998. The van der Waals surface area contributed by atoms with Crippen LogP contribution in [0.3, 0.4) is 0 Å². The third-order valence-electron chi connectivity index (χ3n) is 3.18. The van der Waals surface area contributed by atoms with E-state index in [1.807, 2.05) is 6.07 Å². The Labute approximate surface area is 107 Å². The van der Waals surface area contributed by atoms with Crippen molar-refractivity contribution < 1.29 is 9.59 Å². The monoisotopic (exact) mass is 243 g/mol. The highest BCUT2D eigenvalue weighted by Gasteiger charge is 2.18. The van der Waals surface area contributed by atoms with Crippen molar-refractivity contribution in [3.8, 4) is 0 Å². The maximum absolute atomic E-state index is 12.0. The second-order valence-corrected chi connectivity index (χ2v) is 4.61. The summed E-state index contributed by atoms with van der Waals surface area (Å²) < 4.78 is 0. The molecule has 1 N–H and O–H groups in total. The molecule has 3 heteroatoms. The van der Waals surface area contributed by atoms with Crippen LogP contribution in [0.1, 0.15) is 36.5 Å². The van der Waals surface area contributed by atoms with Crippen LogP contribution in [0, 0.1) is 5.92 Å². The molecular weight excluding hydrogens is 226 g/mol. The van der Waals surface area contributed by atoms with Crippen molar-refractivity contribution in [2.24, 2.45) is 5.92 Å². The highest BCUT2D eigenvalue weighted by atomic mass is 16.2. The molecule has 0 fully saturated rings. The third-order valence-corrected chi connectivity index (χ3v) is 3.18. The van der Waals surface area contributed by atoms with Crippen molar-refractivity contribution >= 4 is 17.4 Å². The number of rotatable bonds is 3. The molecule has 3 nitrogen and oxygen atoms in total. The number of Topliss-reactive ketones (excluding diaryl/α,β-unsaturated/α-hetero) is 1. The fraction of sp³-hybridized carbons (Fsp3) is 0.333. The maximum Gasteiger partial charge on any atom is 0.227 e. The van der Waals surface area contributed by atoms with Gasteiger partial charge < -0.3 is 5.32 Å². The molecule has 1 aromatic carbocycles. The maximum atomic E-state index is 12.0. The normalized spacial score (nSPS) is 18.4. The molecule has 1 amide bonds. The Hall–Kier alpha value is -1.90. The summed E-state index contributed by atoms with van der Waals surface area (Å²) >= 11 is 0. The number of hydrogen-bond donors (Lipinski definition) is 1. The van der Waals surface area contributed by atoms with Crippen LogP contribution in [0.25, 0.3) is 0 Å². The lowest BCUT2D eigenvalue weighted by atomic mass is 9.93. The van der Waals surface area contributed by atoms with Gasteiger partial charge in [-0.05, 0) is 38.3 Å². The highest BCUT2D eigenvalue weighted by molar-refractivity contribution is 5.97. The zero-order valence-electron chi connectivity index (χ0n) is 10.5. The second kappa shape index (κ2) is 5.63. The summed E-state index contributed by atoms with van der Waals surface area (Å²) in [6.07, 6.45) is 6.83. The quantitative estimate of drug-likeness (QED) is 0.654. The van der Waals surface area contributed by atoms with Crippen LogP contribution in [-0.2, 0) is 4.79 Å². The molecule has 0 unspecified atom stereocenters. The lowest BCUT2D eigenvalue weighted by Gasteiger charge is -2.17. The fourth-order valence-electron chi connectivity index (χ4n) is 2.09. The Bertz CT molecular complexity index is 491. The number of ketones is 1. The average molecular weight is 243 g/mol. The molecule has 0 bridgehead atoms. The zero-order valence-corrected chi connectivity index (χ0v) is 10.5. The fourth-order valence-corrected chi connectivity index (χ4v) is 2.09. The molecule has 1 aromatic rings. The molecule has 0 aromatic heterocycles. The van der Waals surface area contributed by atoms with Gasteiger partial charge in [0.1, 0.15) is 0 Å². The van der Waals surface area contributed by atoms with Gasteiger partial charge in [-0.15, -0.1) is 0 Å². The van der Waals surface area contributed by atoms with Crippen LogP contribution in [0.2, 0.25) is 0 Å². The average Bonchev–Trinajstić information content (AvgIpc) is 2.40. The van der Waals surface area contributed by atoms with E-state index in [1.54, 1.807) is 18.2 Å². The van der Waals surface area contributed by atoms with Crippen molar-refractivity contribution in [2.45, 2.75) is 26.2 Å². The lowest BCUT2D eigenvalue weighted by molar-refractivity contribution is -0.120. The van der Waals surface area contributed by atoms with Gasteiger partial charge in [-0.25, -0.2) is 0 Å². The van der Waals surface area contributed by atoms with Gasteiger partial charge in [0.05, 0.1) is 0 Å². The minimum atomic E-state index is 0.00620. The first-order valence-electron chi connectivity index (χ1n) is 6.23. The van der Waals surface area contributed by atoms with E-state index in [0.29, 0.717) is 11.3 Å². The minimum Gasteiger partial charge on any atom is -0.326 e. The first-order chi connectivity index (χ1) is 8.66. The van der Waals surface area contributed by atoms with Crippen molar-refractivity contribution in [3.05, 3.63) is 42.0 Å². The van der Waals surface area contributed by atoms with Crippen molar-refractivity contribution in [1.82, 2.24) is 0 Å². The van der Waals surface area contributed by atoms with E-state index in [-0.39, 0.29) is 17.6 Å². The summed E-state index contributed by atoms with van der Waals surface area (Å²) in [4.78, 5) is 23.3. The van der Waals surface area contributed by atoms with Gasteiger partial charge in [0.25, 0.3) is 0 Å². The number of nitrogens with one attached hydrogen (secondary N) is 1. The SMILES string of the molecule is CC(=O)c1cccc(NC(=O)[C@@H]2CC=CCC2)c1. The summed E-state index contributed by atoms with van der Waals surface area (Å²) in [7, 11) is 0. The molecule has 1 aliphatic carbocycles. The predicted molar refractivity (Wildman–Crippen MR) is 71.6 cm³/mol. The number of allylic oxidation sites excluding steroid dienone is 2. The van der Waals surface area contributed by atoms with Gasteiger partial charge in [0.2, 0.25) is 5.91 Å². The van der Waals surface area contributed by atoms with Crippen LogP contribution < -0.4 is 5.32 Å². The summed E-state index contributed by atoms with van der Waals surface area (Å²) in [6, 6.07) is 7.07. The molecule has 94 valence electrons. The summed E-state index contributed by atoms with van der Waals surface area (Å²) in [5, 5.41) is 2.88. The van der Waals surface area contributed by atoms with E-state index in [1.165, 1.54) is 6.92 Å². The van der Waals surface area contributed by atoms with E-state index in [2.05, 4.69) is 17.5 Å². The van der Waals surface area contributed by atoms with Gasteiger partial charge >= 0.3 is 0 Å². The largest absolute Gasteiger partial charge is 0.326 e. The molecule has 18 heavy (non-hydrogen) atoms. The van der Waals surface area contributed by atoms with E-state index >= 15 is 0 Å². The molecule has 0 spiro atoms. The Balaban J connectivity index is 2.04. The number of anilines is 1. The first-order valence-corrected chi connectivity index (χ1v) is 6.23. The van der Waals surface area contributed by atoms with Crippen LogP contribution in [0.15, 0.2) is 36.4 Å². The number of amides is 1. The first kappa shape index (κ1) is 12.6. The number of benzene rings is 1. The van der Waals surface area contributed by atoms with Crippen molar-refractivity contribution in [3.63, 3.8) is 0 Å². The standard InChI is InChI=1S/C15H17NO2/c1-11(17)13-8-5-9-14(10-13)16-15(18)12-6-3-2-4-7-12/h2-3,5,8-10,12H,4,6-7H2,1H3,(H,16,18)/t12-/m1/s1. The van der Waals surface area contributed by atoms with Crippen LogP contribution >= 0.6 is 0 Å². The summed E-state index contributed by atoms with van der Waals surface area (Å²) in [6.45, 7) is 1.52. The minimum absolute atomic E-state index is 0.00620. The van der Waals surface area contributed by atoms with E-state index in [0.717, 1.165) is 19.3 Å². The Morgan fingerprint density at radius 2 is 2.11 bits per heavy atom. The second-order valence-electron chi connectivity index (χ2n) is 4.61. The number of carbonyl (C=O) groups is 2. The molecule has 0 saturated heterocycles. The lowest BCUT2D eigenvalue weighted by Crippen LogP contribution is -2.23. The number of carbonyl (C=O) groups excluding carboxylic acids is 2. The van der Waals surface area contributed by atoms with Gasteiger partial charge in [0.15, 0.2) is 5.78 Å². The molecule has 0 radical (unpaired) electrons. The molecule has 1 aliphatic rings.